The third kappa shape index (κ3) is 5.93. The van der Waals surface area contributed by atoms with Gasteiger partial charge in [0.1, 0.15) is 0 Å². The minimum absolute atomic E-state index is 0.133. The molecule has 1 saturated heterocycles. The predicted octanol–water partition coefficient (Wildman–Crippen LogP) is 2.32. The zero-order chi connectivity index (χ0) is 16.9. The van der Waals surface area contributed by atoms with Gasteiger partial charge in [-0.05, 0) is 39.2 Å². The molecule has 1 aliphatic heterocycles. The fraction of sp³-hybridized carbons (Fsp3) is 0.556. The van der Waals surface area contributed by atoms with Crippen LogP contribution in [0.3, 0.4) is 0 Å². The smallest absolute Gasteiger partial charge is 0.315 e. The number of likely N-dealkylation sites (tertiary alicyclic amines) is 1. The van der Waals surface area contributed by atoms with E-state index in [-0.39, 0.29) is 23.5 Å². The van der Waals surface area contributed by atoms with Gasteiger partial charge >= 0.3 is 6.03 Å². The first-order valence-corrected chi connectivity index (χ1v) is 8.24. The van der Waals surface area contributed by atoms with Crippen LogP contribution in [0.1, 0.15) is 39.2 Å². The van der Waals surface area contributed by atoms with Crippen molar-refractivity contribution in [3.05, 3.63) is 35.9 Å². The Morgan fingerprint density at radius 1 is 1.13 bits per heavy atom. The maximum atomic E-state index is 12.3. The number of nitrogens with zero attached hydrogens (tertiary/aromatic N) is 1. The molecule has 2 N–H and O–H groups in total. The molecule has 0 atom stereocenters. The lowest BCUT2D eigenvalue weighted by molar-refractivity contribution is -0.131. The average Bonchev–Trinajstić information content (AvgIpc) is 2.47. The fourth-order valence-corrected chi connectivity index (χ4v) is 2.72. The monoisotopic (exact) mass is 317 g/mol. The highest BCUT2D eigenvalue weighted by Gasteiger charge is 2.24. The predicted molar refractivity (Wildman–Crippen MR) is 91.2 cm³/mol. The van der Waals surface area contributed by atoms with Crippen LogP contribution >= 0.6 is 0 Å². The molecule has 0 bridgehead atoms. The Balaban J connectivity index is 1.75. The first-order valence-electron chi connectivity index (χ1n) is 8.24. The number of nitrogens with one attached hydrogen (secondary N) is 2. The van der Waals surface area contributed by atoms with Crippen molar-refractivity contribution < 1.29 is 9.59 Å². The molecule has 5 heteroatoms. The normalized spacial score (nSPS) is 16.0. The molecule has 0 spiro atoms. The quantitative estimate of drug-likeness (QED) is 0.899. The highest BCUT2D eigenvalue weighted by molar-refractivity contribution is 5.79. The molecule has 1 aromatic rings. The van der Waals surface area contributed by atoms with E-state index < -0.39 is 0 Å². The van der Waals surface area contributed by atoms with Gasteiger partial charge in [0.15, 0.2) is 0 Å². The standard InChI is InChI=1S/C18H27N3O2/c1-18(2,3)20-17(23)19-15-9-11-21(12-10-15)16(22)13-14-7-5-4-6-8-14/h4-8,15H,9-13H2,1-3H3,(H2,19,20,23). The van der Waals surface area contributed by atoms with Crippen LogP contribution in [0.4, 0.5) is 4.79 Å². The Labute approximate surface area is 138 Å². The van der Waals surface area contributed by atoms with Gasteiger partial charge in [0.25, 0.3) is 0 Å². The van der Waals surface area contributed by atoms with E-state index >= 15 is 0 Å². The molecule has 5 nitrogen and oxygen atoms in total. The minimum atomic E-state index is -0.240. The van der Waals surface area contributed by atoms with Gasteiger partial charge in [0.05, 0.1) is 6.42 Å². The van der Waals surface area contributed by atoms with E-state index in [0.29, 0.717) is 19.5 Å². The van der Waals surface area contributed by atoms with E-state index in [1.54, 1.807) is 0 Å². The summed E-state index contributed by atoms with van der Waals surface area (Å²) in [6.07, 6.45) is 2.06. The van der Waals surface area contributed by atoms with Crippen LogP contribution in [-0.2, 0) is 11.2 Å². The highest BCUT2D eigenvalue weighted by atomic mass is 16.2. The molecule has 0 radical (unpaired) electrons. The summed E-state index contributed by atoms with van der Waals surface area (Å²) in [4.78, 5) is 26.1. The van der Waals surface area contributed by atoms with E-state index in [2.05, 4.69) is 10.6 Å². The van der Waals surface area contributed by atoms with E-state index in [1.807, 2.05) is 56.0 Å². The third-order valence-corrected chi connectivity index (χ3v) is 3.87. The van der Waals surface area contributed by atoms with Crippen LogP contribution in [0.25, 0.3) is 0 Å². The Kier molecular flexibility index (Phi) is 5.64. The van der Waals surface area contributed by atoms with E-state index in [9.17, 15) is 9.59 Å². The van der Waals surface area contributed by atoms with E-state index in [0.717, 1.165) is 18.4 Å². The highest BCUT2D eigenvalue weighted by Crippen LogP contribution is 2.13. The third-order valence-electron chi connectivity index (χ3n) is 3.87. The molecule has 1 aliphatic rings. The topological polar surface area (TPSA) is 61.4 Å². The Bertz CT molecular complexity index is 529. The first-order chi connectivity index (χ1) is 10.8. The largest absolute Gasteiger partial charge is 0.342 e. The zero-order valence-electron chi connectivity index (χ0n) is 14.3. The Morgan fingerprint density at radius 3 is 2.30 bits per heavy atom. The number of rotatable bonds is 3. The zero-order valence-corrected chi connectivity index (χ0v) is 14.3. The van der Waals surface area contributed by atoms with Crippen LogP contribution in [0.2, 0.25) is 0 Å². The number of amides is 3. The molecule has 0 unspecified atom stereocenters. The molecule has 23 heavy (non-hydrogen) atoms. The van der Waals surface area contributed by atoms with Gasteiger partial charge in [-0.2, -0.15) is 0 Å². The molecule has 2 rings (SSSR count). The van der Waals surface area contributed by atoms with Crippen LogP contribution < -0.4 is 10.6 Å². The van der Waals surface area contributed by atoms with Gasteiger partial charge in [-0.15, -0.1) is 0 Å². The Morgan fingerprint density at radius 2 is 1.74 bits per heavy atom. The van der Waals surface area contributed by atoms with Crippen LogP contribution in [0, 0.1) is 0 Å². The van der Waals surface area contributed by atoms with Gasteiger partial charge in [-0.1, -0.05) is 30.3 Å². The van der Waals surface area contributed by atoms with Crippen LogP contribution in [0.5, 0.6) is 0 Å². The van der Waals surface area contributed by atoms with Crippen molar-refractivity contribution in [2.75, 3.05) is 13.1 Å². The summed E-state index contributed by atoms with van der Waals surface area (Å²) < 4.78 is 0. The minimum Gasteiger partial charge on any atom is -0.342 e. The van der Waals surface area contributed by atoms with Crippen molar-refractivity contribution in [3.63, 3.8) is 0 Å². The second kappa shape index (κ2) is 7.49. The molecular formula is C18H27N3O2. The lowest BCUT2D eigenvalue weighted by Crippen LogP contribution is -2.52. The second-order valence-corrected chi connectivity index (χ2v) is 7.17. The maximum absolute atomic E-state index is 12.3. The van der Waals surface area contributed by atoms with Crippen molar-refractivity contribution in [2.45, 2.75) is 51.6 Å². The van der Waals surface area contributed by atoms with Crippen molar-refractivity contribution in [3.8, 4) is 0 Å². The van der Waals surface area contributed by atoms with E-state index in [4.69, 9.17) is 0 Å². The molecule has 126 valence electrons. The molecule has 3 amide bonds. The van der Waals surface area contributed by atoms with Crippen molar-refractivity contribution >= 4 is 11.9 Å². The fourth-order valence-electron chi connectivity index (χ4n) is 2.72. The lowest BCUT2D eigenvalue weighted by atomic mass is 10.0. The first kappa shape index (κ1) is 17.3. The number of carbonyl (C=O) groups excluding carboxylic acids is 2. The van der Waals surface area contributed by atoms with Crippen molar-refractivity contribution in [2.24, 2.45) is 0 Å². The molecule has 1 aromatic carbocycles. The van der Waals surface area contributed by atoms with Crippen LogP contribution in [0.15, 0.2) is 30.3 Å². The summed E-state index contributed by atoms with van der Waals surface area (Å²) in [6, 6.07) is 9.81. The molecule has 1 heterocycles. The molecule has 1 fully saturated rings. The maximum Gasteiger partial charge on any atom is 0.315 e. The van der Waals surface area contributed by atoms with Crippen LogP contribution in [-0.4, -0.2) is 41.5 Å². The molecule has 0 aromatic heterocycles. The number of benzene rings is 1. The summed E-state index contributed by atoms with van der Waals surface area (Å²) in [7, 11) is 0. The summed E-state index contributed by atoms with van der Waals surface area (Å²) in [5.74, 6) is 0.161. The SMILES string of the molecule is CC(C)(C)NC(=O)NC1CCN(C(=O)Cc2ccccc2)CC1. The lowest BCUT2D eigenvalue weighted by Gasteiger charge is -2.33. The molecule has 0 aliphatic carbocycles. The average molecular weight is 317 g/mol. The summed E-state index contributed by atoms with van der Waals surface area (Å²) >= 11 is 0. The van der Waals surface area contributed by atoms with Gasteiger partial charge in [0, 0.05) is 24.7 Å². The second-order valence-electron chi connectivity index (χ2n) is 7.17. The number of hydrogen-bond acceptors (Lipinski definition) is 2. The van der Waals surface area contributed by atoms with Gasteiger partial charge < -0.3 is 15.5 Å². The van der Waals surface area contributed by atoms with E-state index in [1.165, 1.54) is 0 Å². The summed E-state index contributed by atoms with van der Waals surface area (Å²) in [6.45, 7) is 7.27. The van der Waals surface area contributed by atoms with Gasteiger partial charge in [0.2, 0.25) is 5.91 Å². The number of urea groups is 1. The van der Waals surface area contributed by atoms with Crippen molar-refractivity contribution in [1.82, 2.24) is 15.5 Å². The Hall–Kier alpha value is -2.04. The van der Waals surface area contributed by atoms with Gasteiger partial charge in [-0.3, -0.25) is 4.79 Å². The number of hydrogen-bond donors (Lipinski definition) is 2. The molecular weight excluding hydrogens is 290 g/mol. The summed E-state index contributed by atoms with van der Waals surface area (Å²) in [5.41, 5.74) is 0.804. The number of piperidine rings is 1. The molecule has 0 saturated carbocycles. The van der Waals surface area contributed by atoms with Crippen molar-refractivity contribution in [1.29, 1.82) is 0 Å². The van der Waals surface area contributed by atoms with Gasteiger partial charge in [-0.25, -0.2) is 4.79 Å². The summed E-state index contributed by atoms with van der Waals surface area (Å²) in [5, 5.41) is 5.90. The number of carbonyl (C=O) groups is 2.